The lowest BCUT2D eigenvalue weighted by Gasteiger charge is -2.34. The first-order chi connectivity index (χ1) is 19.1. The number of fused-ring (bicyclic) bond motifs is 1. The zero-order chi connectivity index (χ0) is 28.4. The summed E-state index contributed by atoms with van der Waals surface area (Å²) >= 11 is 0. The maximum Gasteiger partial charge on any atom is 0.318 e. The van der Waals surface area contributed by atoms with E-state index < -0.39 is 0 Å². The SMILES string of the molecule is CC(=O)Nc1cccc(-c2ccc(CNC(=O)C3CC3c3ccccc3)c3c2CCN(C(=O)NC(C)(C)C)C3)c1. The van der Waals surface area contributed by atoms with Gasteiger partial charge in [-0.3, -0.25) is 9.59 Å². The Kier molecular flexibility index (Phi) is 7.66. The van der Waals surface area contributed by atoms with Crippen LogP contribution in [0.3, 0.4) is 0 Å². The molecule has 1 aliphatic carbocycles. The average molecular weight is 539 g/mol. The van der Waals surface area contributed by atoms with E-state index in [1.165, 1.54) is 18.1 Å². The fourth-order valence-electron chi connectivity index (χ4n) is 5.58. The van der Waals surface area contributed by atoms with E-state index >= 15 is 0 Å². The van der Waals surface area contributed by atoms with Gasteiger partial charge in [-0.25, -0.2) is 4.79 Å². The van der Waals surface area contributed by atoms with Crippen LogP contribution in [0.1, 0.15) is 62.3 Å². The molecule has 3 N–H and O–H groups in total. The van der Waals surface area contributed by atoms with Gasteiger partial charge < -0.3 is 20.9 Å². The fourth-order valence-corrected chi connectivity index (χ4v) is 5.58. The zero-order valence-electron chi connectivity index (χ0n) is 23.7. The predicted molar refractivity (Wildman–Crippen MR) is 158 cm³/mol. The van der Waals surface area contributed by atoms with Gasteiger partial charge in [-0.1, -0.05) is 54.6 Å². The maximum absolute atomic E-state index is 13.1. The Morgan fingerprint density at radius 2 is 1.73 bits per heavy atom. The van der Waals surface area contributed by atoms with E-state index in [1.807, 2.05) is 68.1 Å². The lowest BCUT2D eigenvalue weighted by Crippen LogP contribution is -2.50. The molecule has 5 rings (SSSR count). The standard InChI is InChI=1S/C33H38N4O3/c1-21(38)35-25-12-8-11-23(17-25)26-14-13-24(19-34-31(39)29-18-28(29)22-9-6-5-7-10-22)30-20-37(16-15-27(26)30)32(40)36-33(2,3)4/h5-14,17,28-29H,15-16,18-20H2,1-4H3,(H,34,39)(H,35,38)(H,36,40). The van der Waals surface area contributed by atoms with Gasteiger partial charge in [0.15, 0.2) is 0 Å². The Morgan fingerprint density at radius 1 is 0.950 bits per heavy atom. The summed E-state index contributed by atoms with van der Waals surface area (Å²) in [5.74, 6) is 0.247. The summed E-state index contributed by atoms with van der Waals surface area (Å²) in [4.78, 5) is 39.6. The van der Waals surface area contributed by atoms with Crippen molar-refractivity contribution in [3.63, 3.8) is 0 Å². The van der Waals surface area contributed by atoms with Crippen LogP contribution in [0.4, 0.5) is 10.5 Å². The van der Waals surface area contributed by atoms with Crippen molar-refractivity contribution in [2.45, 2.75) is 65.1 Å². The van der Waals surface area contributed by atoms with Crippen molar-refractivity contribution in [3.05, 3.63) is 89.0 Å². The van der Waals surface area contributed by atoms with Crippen LogP contribution in [0.25, 0.3) is 11.1 Å². The summed E-state index contributed by atoms with van der Waals surface area (Å²) < 4.78 is 0. The van der Waals surface area contributed by atoms with Gasteiger partial charge in [-0.15, -0.1) is 0 Å². The molecule has 2 atom stereocenters. The van der Waals surface area contributed by atoms with E-state index in [4.69, 9.17) is 0 Å². The fraction of sp³-hybridized carbons (Fsp3) is 0.364. The molecule has 0 spiro atoms. The monoisotopic (exact) mass is 538 g/mol. The van der Waals surface area contributed by atoms with E-state index in [0.29, 0.717) is 26.1 Å². The first kappa shape index (κ1) is 27.4. The molecule has 208 valence electrons. The van der Waals surface area contributed by atoms with Gasteiger partial charge in [-0.2, -0.15) is 0 Å². The van der Waals surface area contributed by atoms with E-state index in [9.17, 15) is 14.4 Å². The van der Waals surface area contributed by atoms with E-state index in [-0.39, 0.29) is 35.2 Å². The first-order valence-corrected chi connectivity index (χ1v) is 14.0. The van der Waals surface area contributed by atoms with Crippen LogP contribution in [0.2, 0.25) is 0 Å². The Hall–Kier alpha value is -4.13. The number of anilines is 1. The largest absolute Gasteiger partial charge is 0.352 e. The van der Waals surface area contributed by atoms with Crippen LogP contribution in [0.5, 0.6) is 0 Å². The third kappa shape index (κ3) is 6.36. The molecule has 3 aromatic rings. The van der Waals surface area contributed by atoms with Crippen molar-refractivity contribution in [3.8, 4) is 11.1 Å². The highest BCUT2D eigenvalue weighted by atomic mass is 16.2. The van der Waals surface area contributed by atoms with Gasteiger partial charge >= 0.3 is 6.03 Å². The average Bonchev–Trinajstić information content (AvgIpc) is 3.72. The third-order valence-electron chi connectivity index (χ3n) is 7.58. The van der Waals surface area contributed by atoms with Gasteiger partial charge in [0.25, 0.3) is 0 Å². The molecule has 40 heavy (non-hydrogen) atoms. The lowest BCUT2D eigenvalue weighted by atomic mass is 9.87. The van der Waals surface area contributed by atoms with Crippen LogP contribution in [-0.2, 0) is 29.1 Å². The molecule has 0 aromatic heterocycles. The second-order valence-corrected chi connectivity index (χ2v) is 11.9. The molecule has 1 aliphatic heterocycles. The zero-order valence-corrected chi connectivity index (χ0v) is 23.7. The number of nitrogens with one attached hydrogen (secondary N) is 3. The molecule has 0 radical (unpaired) electrons. The van der Waals surface area contributed by atoms with Gasteiger partial charge in [0.05, 0.1) is 0 Å². The molecular formula is C33H38N4O3. The third-order valence-corrected chi connectivity index (χ3v) is 7.58. The summed E-state index contributed by atoms with van der Waals surface area (Å²) in [6, 6.07) is 22.1. The van der Waals surface area contributed by atoms with Crippen molar-refractivity contribution in [1.82, 2.24) is 15.5 Å². The molecule has 2 aliphatic rings. The molecule has 1 heterocycles. The van der Waals surface area contributed by atoms with Gasteiger partial charge in [0.1, 0.15) is 0 Å². The van der Waals surface area contributed by atoms with Crippen molar-refractivity contribution in [2.75, 3.05) is 11.9 Å². The minimum atomic E-state index is -0.334. The Bertz CT molecular complexity index is 1430. The second-order valence-electron chi connectivity index (χ2n) is 11.9. The van der Waals surface area contributed by atoms with Crippen LogP contribution in [-0.4, -0.2) is 34.8 Å². The number of urea groups is 1. The number of amides is 4. The predicted octanol–water partition coefficient (Wildman–Crippen LogP) is 5.60. The van der Waals surface area contributed by atoms with E-state index in [2.05, 4.69) is 40.2 Å². The number of carbonyl (C=O) groups is 3. The number of benzene rings is 3. The van der Waals surface area contributed by atoms with Crippen molar-refractivity contribution in [2.24, 2.45) is 5.92 Å². The number of rotatable bonds is 6. The maximum atomic E-state index is 13.1. The molecule has 7 nitrogen and oxygen atoms in total. The van der Waals surface area contributed by atoms with Gasteiger partial charge in [0, 0.05) is 43.7 Å². The van der Waals surface area contributed by atoms with Crippen molar-refractivity contribution in [1.29, 1.82) is 0 Å². The lowest BCUT2D eigenvalue weighted by molar-refractivity contribution is -0.122. The minimum Gasteiger partial charge on any atom is -0.352 e. The molecule has 1 fully saturated rings. The number of hydrogen-bond donors (Lipinski definition) is 3. The topological polar surface area (TPSA) is 90.5 Å². The van der Waals surface area contributed by atoms with Crippen LogP contribution < -0.4 is 16.0 Å². The Balaban J connectivity index is 1.40. The summed E-state index contributed by atoms with van der Waals surface area (Å²) in [6.45, 7) is 8.92. The van der Waals surface area contributed by atoms with Crippen LogP contribution in [0.15, 0.2) is 66.7 Å². The highest BCUT2D eigenvalue weighted by Gasteiger charge is 2.43. The smallest absolute Gasteiger partial charge is 0.318 e. The van der Waals surface area contributed by atoms with E-state index in [0.717, 1.165) is 34.4 Å². The highest BCUT2D eigenvalue weighted by molar-refractivity contribution is 5.90. The molecule has 3 aromatic carbocycles. The first-order valence-electron chi connectivity index (χ1n) is 14.0. The van der Waals surface area contributed by atoms with Crippen molar-refractivity contribution < 1.29 is 14.4 Å². The number of hydrogen-bond acceptors (Lipinski definition) is 3. The molecule has 0 saturated heterocycles. The summed E-state index contributed by atoms with van der Waals surface area (Å²) in [5, 5.41) is 9.13. The second kappa shape index (κ2) is 11.2. The summed E-state index contributed by atoms with van der Waals surface area (Å²) in [6.07, 6.45) is 1.57. The highest BCUT2D eigenvalue weighted by Crippen LogP contribution is 2.47. The number of nitrogens with zero attached hydrogens (tertiary/aromatic N) is 1. The van der Waals surface area contributed by atoms with Crippen LogP contribution in [0, 0.1) is 5.92 Å². The molecule has 0 bridgehead atoms. The van der Waals surface area contributed by atoms with E-state index in [1.54, 1.807) is 0 Å². The summed E-state index contributed by atoms with van der Waals surface area (Å²) in [7, 11) is 0. The molecule has 7 heteroatoms. The molecular weight excluding hydrogens is 500 g/mol. The van der Waals surface area contributed by atoms with Gasteiger partial charge in [0.2, 0.25) is 11.8 Å². The summed E-state index contributed by atoms with van der Waals surface area (Å²) in [5.41, 5.74) is 7.00. The minimum absolute atomic E-state index is 0.00285. The quantitative estimate of drug-likeness (QED) is 0.382. The molecule has 1 saturated carbocycles. The normalized spacial score (nSPS) is 17.9. The molecule has 4 amide bonds. The van der Waals surface area contributed by atoms with Gasteiger partial charge in [-0.05, 0) is 85.0 Å². The Morgan fingerprint density at radius 3 is 2.45 bits per heavy atom. The Labute approximate surface area is 236 Å². The number of carbonyl (C=O) groups excluding carboxylic acids is 3. The van der Waals surface area contributed by atoms with Crippen LogP contribution >= 0.6 is 0 Å². The van der Waals surface area contributed by atoms with Crippen molar-refractivity contribution >= 4 is 23.5 Å². The molecule has 2 unspecified atom stereocenters.